The van der Waals surface area contributed by atoms with Crippen molar-refractivity contribution in [1.82, 2.24) is 0 Å². The van der Waals surface area contributed by atoms with Gasteiger partial charge in [-0.1, -0.05) is 0 Å². The summed E-state index contributed by atoms with van der Waals surface area (Å²) in [6, 6.07) is 13.4. The zero-order valence-corrected chi connectivity index (χ0v) is 31.4. The van der Waals surface area contributed by atoms with Gasteiger partial charge in [-0.25, -0.2) is 19.2 Å². The highest BCUT2D eigenvalue weighted by atomic mass is 16.5. The van der Waals surface area contributed by atoms with Gasteiger partial charge in [-0.2, -0.15) is 10.2 Å². The monoisotopic (exact) mass is 772 g/mol. The molecular weight excluding hydrogens is 732 g/mol. The number of nitrogens with one attached hydrogen (secondary N) is 4. The Morgan fingerprint density at radius 3 is 1.11 bits per heavy atom. The zero-order valence-electron chi connectivity index (χ0n) is 31.4. The van der Waals surface area contributed by atoms with E-state index in [1.54, 1.807) is 27.7 Å². The maximum absolute atomic E-state index is 13.1. The number of hydrogen-bond acceptors (Lipinski definition) is 16. The lowest BCUT2D eigenvalue weighted by atomic mass is 10.1. The van der Waals surface area contributed by atoms with Gasteiger partial charge in [-0.05, 0) is 88.4 Å². The maximum Gasteiger partial charge on any atom is 0.340 e. The Morgan fingerprint density at radius 1 is 0.482 bits per heavy atom. The number of hydrogen-bond donors (Lipinski definition) is 4. The Morgan fingerprint density at radius 2 is 0.804 bits per heavy atom. The van der Waals surface area contributed by atoms with Gasteiger partial charge >= 0.3 is 23.9 Å². The predicted molar refractivity (Wildman–Crippen MR) is 204 cm³/mol. The molecule has 18 heteroatoms. The van der Waals surface area contributed by atoms with Gasteiger partial charge in [0, 0.05) is 25.2 Å². The van der Waals surface area contributed by atoms with E-state index in [4.69, 9.17) is 18.9 Å². The number of esters is 4. The molecule has 0 aliphatic heterocycles. The lowest BCUT2D eigenvalue weighted by molar-refractivity contribution is -0.116. The van der Waals surface area contributed by atoms with Crippen LogP contribution in [0.4, 0.5) is 22.7 Å². The number of hydrazone groups is 2. The molecule has 0 saturated carbocycles. The van der Waals surface area contributed by atoms with Crippen LogP contribution in [0.15, 0.2) is 70.9 Å². The van der Waals surface area contributed by atoms with Crippen LogP contribution < -0.4 is 21.5 Å². The molecule has 2 amide bonds. The van der Waals surface area contributed by atoms with E-state index in [9.17, 15) is 38.4 Å². The highest BCUT2D eigenvalue weighted by Gasteiger charge is 2.22. The third-order valence-corrected chi connectivity index (χ3v) is 7.13. The van der Waals surface area contributed by atoms with E-state index in [1.807, 2.05) is 0 Å². The molecule has 18 nitrogen and oxygen atoms in total. The molecule has 0 fully saturated rings. The summed E-state index contributed by atoms with van der Waals surface area (Å²) in [4.78, 5) is 101. The molecule has 0 aromatic heterocycles. The molecule has 0 unspecified atom stereocenters. The first-order valence-corrected chi connectivity index (χ1v) is 17.1. The van der Waals surface area contributed by atoms with Crippen LogP contribution in [0.5, 0.6) is 0 Å². The van der Waals surface area contributed by atoms with Crippen LogP contribution in [0, 0.1) is 0 Å². The molecule has 0 saturated heterocycles. The smallest absolute Gasteiger partial charge is 0.340 e. The largest absolute Gasteiger partial charge is 0.462 e. The molecule has 0 atom stereocenters. The second-order valence-electron chi connectivity index (χ2n) is 11.1. The molecule has 0 aliphatic carbocycles. The average Bonchev–Trinajstić information content (AvgIpc) is 3.15. The van der Waals surface area contributed by atoms with Crippen LogP contribution in [0.1, 0.15) is 83.0 Å². The van der Waals surface area contributed by atoms with Gasteiger partial charge in [0.25, 0.3) is 11.8 Å². The fourth-order valence-electron chi connectivity index (χ4n) is 4.56. The van der Waals surface area contributed by atoms with Crippen LogP contribution in [0.25, 0.3) is 0 Å². The molecule has 0 spiro atoms. The molecule has 4 N–H and O–H groups in total. The third-order valence-electron chi connectivity index (χ3n) is 7.13. The maximum atomic E-state index is 13.1. The summed E-state index contributed by atoms with van der Waals surface area (Å²) < 4.78 is 20.1. The summed E-state index contributed by atoms with van der Waals surface area (Å²) in [7, 11) is 0. The van der Waals surface area contributed by atoms with E-state index in [-0.39, 0.29) is 71.4 Å². The van der Waals surface area contributed by atoms with Gasteiger partial charge in [0.15, 0.2) is 23.0 Å². The third kappa shape index (κ3) is 11.9. The Bertz CT molecular complexity index is 1930. The van der Waals surface area contributed by atoms with Crippen molar-refractivity contribution in [3.05, 3.63) is 82.9 Å². The van der Waals surface area contributed by atoms with Crippen LogP contribution in [-0.2, 0) is 38.1 Å². The van der Waals surface area contributed by atoms with Gasteiger partial charge < -0.3 is 29.6 Å². The van der Waals surface area contributed by atoms with E-state index in [0.717, 1.165) is 13.8 Å². The Labute approximate surface area is 321 Å². The summed E-state index contributed by atoms with van der Waals surface area (Å²) in [6.45, 7) is 8.96. The Kier molecular flexibility index (Phi) is 16.1. The minimum atomic E-state index is -0.938. The van der Waals surface area contributed by atoms with Crippen molar-refractivity contribution in [2.45, 2.75) is 41.5 Å². The molecular formula is C38H40N6O12. The number of nitrogens with zero attached hydrogens (tertiary/aromatic N) is 2. The van der Waals surface area contributed by atoms with Gasteiger partial charge in [0.2, 0.25) is 0 Å². The average molecular weight is 773 g/mol. The standard InChI is InChI=1S/C38H40N6O12/c1-7-53-35(49)23-11-17-27(37(51)55-9-3)29(19-23)41-43-31(21(5)45)33(47)39-25-13-15-26(16-14-25)40-34(48)32(22(6)46)44-42-30-20-24(36(50)54-8-2)12-18-28(30)38(52)56-10-4/h11-20,41-42H,7-10H2,1-6H3,(H,39,47)(H,40,48)/b43-31-,44-32-. The van der Waals surface area contributed by atoms with Crippen molar-refractivity contribution < 1.29 is 57.3 Å². The number of anilines is 4. The van der Waals surface area contributed by atoms with Crippen molar-refractivity contribution in [3.63, 3.8) is 0 Å². The number of carbonyl (C=O) groups is 8. The molecule has 0 radical (unpaired) electrons. The van der Waals surface area contributed by atoms with Crippen molar-refractivity contribution in [3.8, 4) is 0 Å². The number of amides is 2. The summed E-state index contributed by atoms with van der Waals surface area (Å²) in [6.07, 6.45) is 0. The number of carbonyl (C=O) groups excluding carboxylic acids is 8. The van der Waals surface area contributed by atoms with Crippen molar-refractivity contribution >= 4 is 81.4 Å². The molecule has 3 aromatic carbocycles. The number of benzene rings is 3. The van der Waals surface area contributed by atoms with Crippen LogP contribution in [0.3, 0.4) is 0 Å². The highest BCUT2D eigenvalue weighted by molar-refractivity contribution is 6.67. The number of rotatable bonds is 18. The van der Waals surface area contributed by atoms with E-state index in [2.05, 4.69) is 31.7 Å². The fourth-order valence-corrected chi connectivity index (χ4v) is 4.56. The molecule has 294 valence electrons. The molecule has 3 rings (SSSR count). The van der Waals surface area contributed by atoms with Crippen LogP contribution in [-0.4, -0.2) is 85.1 Å². The minimum Gasteiger partial charge on any atom is -0.462 e. The van der Waals surface area contributed by atoms with Gasteiger partial charge in [-0.3, -0.25) is 30.0 Å². The molecule has 3 aromatic rings. The molecule has 56 heavy (non-hydrogen) atoms. The highest BCUT2D eigenvalue weighted by Crippen LogP contribution is 2.22. The van der Waals surface area contributed by atoms with Crippen LogP contribution >= 0.6 is 0 Å². The van der Waals surface area contributed by atoms with Crippen molar-refractivity contribution in [1.29, 1.82) is 0 Å². The molecule has 0 heterocycles. The SMILES string of the molecule is CCOC(=O)c1ccc(C(=O)OCC)c(N/N=C(/C(C)=O)C(=O)Nc2ccc(NC(=O)/C(=N\Nc3cc(C(=O)OCC)ccc3C(=O)OCC)C(C)=O)cc2)c1. The number of Topliss-reactive ketones (excluding diaryl/α,β-unsaturated/α-hetero) is 2. The first-order chi connectivity index (χ1) is 26.7. The van der Waals surface area contributed by atoms with Gasteiger partial charge in [0.05, 0.1) is 60.1 Å². The number of ether oxygens (including phenoxy) is 4. The van der Waals surface area contributed by atoms with E-state index in [1.165, 1.54) is 60.7 Å². The lowest BCUT2D eigenvalue weighted by Gasteiger charge is -2.12. The second-order valence-corrected chi connectivity index (χ2v) is 11.1. The first kappa shape index (κ1) is 43.2. The van der Waals surface area contributed by atoms with E-state index >= 15 is 0 Å². The fraction of sp³-hybridized carbons (Fsp3) is 0.263. The Hall–Kier alpha value is -7.24. The van der Waals surface area contributed by atoms with Gasteiger partial charge in [0.1, 0.15) is 0 Å². The summed E-state index contributed by atoms with van der Waals surface area (Å²) >= 11 is 0. The lowest BCUT2D eigenvalue weighted by Crippen LogP contribution is -2.30. The summed E-state index contributed by atoms with van der Waals surface area (Å²) in [5, 5.41) is 12.8. The van der Waals surface area contributed by atoms with Crippen LogP contribution in [0.2, 0.25) is 0 Å². The van der Waals surface area contributed by atoms with Gasteiger partial charge in [-0.15, -0.1) is 0 Å². The normalized spacial score (nSPS) is 11.0. The van der Waals surface area contributed by atoms with E-state index < -0.39 is 58.7 Å². The predicted octanol–water partition coefficient (Wildman–Crippen LogP) is 4.38. The summed E-state index contributed by atoms with van der Waals surface area (Å²) in [5.74, 6) is -6.21. The Balaban J connectivity index is 1.80. The first-order valence-electron chi connectivity index (χ1n) is 17.1. The van der Waals surface area contributed by atoms with Crippen molar-refractivity contribution in [2.75, 3.05) is 47.9 Å². The molecule has 0 bridgehead atoms. The van der Waals surface area contributed by atoms with Crippen molar-refractivity contribution in [2.24, 2.45) is 10.2 Å². The zero-order chi connectivity index (χ0) is 41.4. The number of ketones is 2. The molecule has 0 aliphatic rings. The summed E-state index contributed by atoms with van der Waals surface area (Å²) in [5.41, 5.74) is 4.19. The second kappa shape index (κ2) is 20.9. The topological polar surface area (TPSA) is 246 Å². The van der Waals surface area contributed by atoms with E-state index in [0.29, 0.717) is 0 Å². The quantitative estimate of drug-likeness (QED) is 0.0461. The minimum absolute atomic E-state index is 0.0250.